The van der Waals surface area contributed by atoms with E-state index in [9.17, 15) is 57.8 Å². The van der Waals surface area contributed by atoms with E-state index in [0.29, 0.717) is 41.1 Å². The Labute approximate surface area is 659 Å². The van der Waals surface area contributed by atoms with Crippen LogP contribution in [-0.2, 0) is 48.0 Å². The summed E-state index contributed by atoms with van der Waals surface area (Å²) in [7, 11) is -2.41. The van der Waals surface area contributed by atoms with Crippen molar-refractivity contribution in [1.29, 1.82) is 0 Å². The molecule has 0 bridgehead atoms. The zero-order valence-corrected chi connectivity index (χ0v) is 68.9. The minimum absolute atomic E-state index is 0.0674. The average molecular weight is 1630 g/mol. The maximum Gasteiger partial charge on any atom is 0.416 e. The molecule has 0 aliphatic carbocycles. The molecule has 0 saturated heterocycles. The van der Waals surface area contributed by atoms with Gasteiger partial charge in [0.2, 0.25) is 0 Å². The van der Waals surface area contributed by atoms with E-state index in [1.54, 1.807) is 19.9 Å². The number of aryl methyl sites for hydroxylation is 12. The molecule has 0 spiro atoms. The summed E-state index contributed by atoms with van der Waals surface area (Å²) in [6.45, 7) is 33.5. The Bertz CT molecular complexity index is 5030. The third-order valence-corrected chi connectivity index (χ3v) is 27.2. The second-order valence-corrected chi connectivity index (χ2v) is 35.8. The predicted molar refractivity (Wildman–Crippen MR) is 438 cm³/mol. The number of phenolic OH excluding ortho intramolecular Hbond substituents is 1. The molecule has 1 N–H and O–H groups in total. The molecule has 0 aliphatic heterocycles. The number of nitrogens with zero attached hydrogens (tertiary/aromatic N) is 2. The van der Waals surface area contributed by atoms with E-state index < -0.39 is 76.8 Å². The van der Waals surface area contributed by atoms with E-state index in [-0.39, 0.29) is 51.5 Å². The molecule has 112 heavy (non-hydrogen) atoms. The fourth-order valence-corrected chi connectivity index (χ4v) is 21.4. The molecular formula is C94H93BF12MoN2OP-. The molecule has 0 fully saturated rings. The van der Waals surface area contributed by atoms with E-state index in [0.717, 1.165) is 57.9 Å². The van der Waals surface area contributed by atoms with Gasteiger partial charge >= 0.3 is 132 Å². The van der Waals surface area contributed by atoms with Gasteiger partial charge in [0.25, 0.3) is 0 Å². The van der Waals surface area contributed by atoms with Crippen molar-refractivity contribution in [1.82, 2.24) is 4.98 Å². The van der Waals surface area contributed by atoms with Crippen LogP contribution in [0.3, 0.4) is 0 Å². The van der Waals surface area contributed by atoms with Crippen LogP contribution in [0, 0.1) is 83.1 Å². The van der Waals surface area contributed by atoms with Crippen LogP contribution in [0.25, 0.3) is 22.3 Å². The minimum atomic E-state index is -5.35. The predicted octanol–water partition coefficient (Wildman–Crippen LogP) is 22.7. The Morgan fingerprint density at radius 3 is 0.920 bits per heavy atom. The molecule has 1 aromatic heterocycles. The topological polar surface area (TPSA) is 46.7 Å². The Balaban J connectivity index is 0.000000200. The van der Waals surface area contributed by atoms with E-state index in [4.69, 9.17) is 3.50 Å². The van der Waals surface area contributed by atoms with E-state index in [2.05, 4.69) is 243 Å². The van der Waals surface area contributed by atoms with Crippen LogP contribution in [-0.4, -0.2) is 21.2 Å². The van der Waals surface area contributed by atoms with Crippen LogP contribution < -0.4 is 48.1 Å². The van der Waals surface area contributed by atoms with Crippen molar-refractivity contribution in [2.75, 3.05) is 0 Å². The number of halogens is 12. The van der Waals surface area contributed by atoms with E-state index in [1.165, 1.54) is 86.1 Å². The van der Waals surface area contributed by atoms with E-state index >= 15 is 0 Å². The summed E-state index contributed by atoms with van der Waals surface area (Å²) in [6.07, 6.45) is -24.3. The molecule has 584 valence electrons. The van der Waals surface area contributed by atoms with Crippen molar-refractivity contribution >= 4 is 60.9 Å². The first-order valence-corrected chi connectivity index (χ1v) is 40.5. The number of hydrogen-bond acceptors (Lipinski definition) is 2. The molecule has 18 heteroatoms. The maximum absolute atomic E-state index is 14.2. The van der Waals surface area contributed by atoms with Gasteiger partial charge < -0.3 is 10.1 Å². The molecule has 0 amide bonds. The van der Waals surface area contributed by atoms with Gasteiger partial charge in [-0.15, -0.1) is 0 Å². The van der Waals surface area contributed by atoms with Crippen molar-refractivity contribution in [3.63, 3.8) is 0 Å². The molecule has 3 nitrogen and oxygen atoms in total. The largest absolute Gasteiger partial charge is 0.665 e. The summed E-state index contributed by atoms with van der Waals surface area (Å²) in [5.41, 5.74) is 7.92. The van der Waals surface area contributed by atoms with Gasteiger partial charge in [0.1, 0.15) is 40.4 Å². The van der Waals surface area contributed by atoms with Crippen molar-refractivity contribution in [3.8, 4) is 28.0 Å². The molecule has 0 unspecified atom stereocenters. The smallest absolute Gasteiger partial charge is 0.416 e. The summed E-state index contributed by atoms with van der Waals surface area (Å²) < 4.78 is 177. The van der Waals surface area contributed by atoms with Crippen LogP contribution in [0.1, 0.15) is 129 Å². The SMILES string of the molecule is CC(C)(C)[N]=[Mo]=[CH]C(C)(C)c1ccccc1.Cc1cc(C)c(-c2cc([P+](c3ccccc3)(c3ccccc3)c3ccccc3)cc(-c3c(C)cc(C)cc3C)c2O)c(C)c1.Cc1cc(C)cc([B-](c2cc(C)cc(C(F)(F)F)c2)(c2cc(C)cc(C(F)(F)F)c2)c2cc(C(F)(F)F)cc(C(F)(F)F)c2)c1.Cc1ccc(C)[n-]1. The second kappa shape index (κ2) is 34.5. The third-order valence-electron chi connectivity index (χ3n) is 19.6. The van der Waals surface area contributed by atoms with Gasteiger partial charge in [-0.25, -0.2) is 0 Å². The fraction of sp³-hybridized carbons (Fsp3) is 0.245. The molecule has 11 aromatic carbocycles. The first-order valence-electron chi connectivity index (χ1n) is 36.6. The van der Waals surface area contributed by atoms with Gasteiger partial charge in [-0.3, -0.25) is 0 Å². The first kappa shape index (κ1) is 86.5. The second-order valence-electron chi connectivity index (χ2n) is 30.8. The first-order chi connectivity index (χ1) is 52.2. The summed E-state index contributed by atoms with van der Waals surface area (Å²) in [5, 5.41) is 17.4. The summed E-state index contributed by atoms with van der Waals surface area (Å²) in [5.74, 6) is 0.339. The van der Waals surface area contributed by atoms with Gasteiger partial charge in [-0.2, -0.15) is 85.9 Å². The Kier molecular flexibility index (Phi) is 26.6. The maximum atomic E-state index is 14.2. The molecular weight excluding hydrogens is 1540 g/mol. The molecule has 0 atom stereocenters. The van der Waals surface area contributed by atoms with Crippen LogP contribution in [0.5, 0.6) is 5.75 Å². The van der Waals surface area contributed by atoms with Gasteiger partial charge in [0, 0.05) is 11.1 Å². The molecule has 0 saturated carbocycles. The molecule has 0 aliphatic rings. The van der Waals surface area contributed by atoms with Gasteiger partial charge in [0.05, 0.1) is 22.3 Å². The van der Waals surface area contributed by atoms with Crippen molar-refractivity contribution in [3.05, 3.63) is 337 Å². The summed E-state index contributed by atoms with van der Waals surface area (Å²) in [4.78, 5) is 4.11. The van der Waals surface area contributed by atoms with E-state index in [1.807, 2.05) is 26.0 Å². The van der Waals surface area contributed by atoms with Crippen LogP contribution in [0.15, 0.2) is 246 Å². The molecule has 0 radical (unpaired) electrons. The van der Waals surface area contributed by atoms with Gasteiger partial charge in [-0.1, -0.05) is 193 Å². The van der Waals surface area contributed by atoms with Gasteiger partial charge in [-0.05, 0) is 169 Å². The normalized spacial score (nSPS) is 12.2. The number of alkyl halides is 12. The summed E-state index contributed by atoms with van der Waals surface area (Å²) >= 11 is -0.361. The fourth-order valence-electron chi connectivity index (χ4n) is 15.2. The number of aromatic nitrogens is 1. The zero-order chi connectivity index (χ0) is 82.4. The van der Waals surface area contributed by atoms with Crippen LogP contribution in [0.4, 0.5) is 52.7 Å². The number of hydrogen-bond donors (Lipinski definition) is 1. The quantitative estimate of drug-likeness (QED) is 0.0753. The van der Waals surface area contributed by atoms with Crippen molar-refractivity contribution in [2.24, 2.45) is 3.50 Å². The summed E-state index contributed by atoms with van der Waals surface area (Å²) in [6, 6.07) is 70.9. The van der Waals surface area contributed by atoms with Crippen molar-refractivity contribution in [2.45, 2.75) is 153 Å². The zero-order valence-electron chi connectivity index (χ0n) is 66.0. The molecule has 12 rings (SSSR count). The monoisotopic (exact) mass is 1630 g/mol. The Morgan fingerprint density at radius 2 is 0.616 bits per heavy atom. The number of phenols is 1. The average Bonchev–Trinajstić information content (AvgIpc) is 0.900. The molecule has 12 aromatic rings. The molecule has 1 heterocycles. The van der Waals surface area contributed by atoms with Crippen LogP contribution in [0.2, 0.25) is 0 Å². The van der Waals surface area contributed by atoms with Crippen LogP contribution >= 0.6 is 7.26 Å². The van der Waals surface area contributed by atoms with Gasteiger partial charge in [0.15, 0.2) is 0 Å². The standard InChI is InChI=1S/C42H39OP.C32H24BF12.C10H12.C6H8N.C4H9N.Mo/c1-28-22-30(3)40(31(4)23-28)38-26-37(27-39(42(38)43)41-32(5)24-29(2)25-33(41)6)44(34-16-10-7-11-17-34,35-18-12-8-13-19-35)36-20-14-9-15-21-36;1-17-5-18(2)9-25(8-17)33(26-10-19(3)6-21(13-26)29(34,35)36,27-11-20(4)7-22(14-27)30(37,38)39)28-15-23(31(40,41)42)12-24(16-28)32(43,44)45;1-10(2,3)9-7-5-4-6-8-9;1-5-3-4-6(2)7-5;1-4(2,3)5;/h7-27H,1-6H3;5-16H,1-4H3;1,4-8H,2-3H3;3-4H,1-2H3;1-3H3;/q;-1;;-1;;/p+1. The number of benzene rings is 11. The number of aromatic hydroxyl groups is 1. The van der Waals surface area contributed by atoms with Crippen molar-refractivity contribution < 1.29 is 75.7 Å². The Hall–Kier alpha value is -9.49. The Morgan fingerprint density at radius 1 is 0.330 bits per heavy atom. The minimum Gasteiger partial charge on any atom is -0.665 e. The third kappa shape index (κ3) is 20.3. The number of rotatable bonds is 12.